The molecule has 1 aliphatic carbocycles. The number of hydrogen-bond acceptors (Lipinski definition) is 3. The molecule has 19 heavy (non-hydrogen) atoms. The first-order valence-electron chi connectivity index (χ1n) is 5.95. The highest BCUT2D eigenvalue weighted by atomic mass is 19.1. The number of carboxylic acid groups (broad SMARTS) is 1. The molecule has 2 rings (SSSR count). The number of anilines is 1. The van der Waals surface area contributed by atoms with Crippen LogP contribution in [-0.2, 0) is 4.79 Å². The number of carbonyl (C=O) groups is 2. The van der Waals surface area contributed by atoms with Crippen molar-refractivity contribution in [3.63, 3.8) is 0 Å². The molecule has 0 saturated heterocycles. The molecule has 1 aromatic rings. The third-order valence-electron chi connectivity index (χ3n) is 3.38. The van der Waals surface area contributed by atoms with Crippen molar-refractivity contribution in [3.05, 3.63) is 29.6 Å². The Labute approximate surface area is 109 Å². The third kappa shape index (κ3) is 2.73. The zero-order valence-electron chi connectivity index (χ0n) is 10.4. The van der Waals surface area contributed by atoms with Crippen LogP contribution in [0.1, 0.15) is 30.1 Å². The number of halogens is 1. The van der Waals surface area contributed by atoms with E-state index in [-0.39, 0.29) is 17.2 Å². The predicted molar refractivity (Wildman–Crippen MR) is 67.3 cm³/mol. The summed E-state index contributed by atoms with van der Waals surface area (Å²) in [6.45, 7) is 1.61. The van der Waals surface area contributed by atoms with Gasteiger partial charge >= 0.3 is 5.97 Å². The summed E-state index contributed by atoms with van der Waals surface area (Å²) in [4.78, 5) is 22.6. The van der Waals surface area contributed by atoms with Gasteiger partial charge in [0.25, 0.3) is 0 Å². The second-order valence-corrected chi connectivity index (χ2v) is 5.01. The maximum Gasteiger partial charge on any atom is 0.335 e. The third-order valence-corrected chi connectivity index (χ3v) is 3.38. The summed E-state index contributed by atoms with van der Waals surface area (Å²) in [5.74, 6) is -2.36. The Bertz CT molecular complexity index is 539. The maximum atomic E-state index is 13.7. The van der Waals surface area contributed by atoms with Crippen LogP contribution >= 0.6 is 0 Å². The Morgan fingerprint density at radius 3 is 2.58 bits per heavy atom. The largest absolute Gasteiger partial charge is 0.478 e. The molecule has 1 aromatic carbocycles. The van der Waals surface area contributed by atoms with Crippen molar-refractivity contribution in [1.29, 1.82) is 0 Å². The molecule has 1 atom stereocenters. The van der Waals surface area contributed by atoms with E-state index in [9.17, 15) is 14.0 Å². The van der Waals surface area contributed by atoms with E-state index in [1.165, 1.54) is 12.1 Å². The fourth-order valence-corrected chi connectivity index (χ4v) is 1.87. The normalized spacial score (nSPS) is 17.6. The quantitative estimate of drug-likeness (QED) is 0.771. The predicted octanol–water partition coefficient (Wildman–Crippen LogP) is 1.59. The van der Waals surface area contributed by atoms with Crippen LogP contribution in [0.3, 0.4) is 0 Å². The fourth-order valence-electron chi connectivity index (χ4n) is 1.87. The molecule has 0 aliphatic heterocycles. The minimum Gasteiger partial charge on any atom is -0.478 e. The van der Waals surface area contributed by atoms with E-state index in [0.717, 1.165) is 18.9 Å². The Balaban J connectivity index is 2.15. The molecule has 4 N–H and O–H groups in total. The lowest BCUT2D eigenvalue weighted by atomic mass is 9.96. The van der Waals surface area contributed by atoms with Gasteiger partial charge in [0.05, 0.1) is 16.8 Å². The lowest BCUT2D eigenvalue weighted by molar-refractivity contribution is -0.121. The Kier molecular flexibility index (Phi) is 3.28. The summed E-state index contributed by atoms with van der Waals surface area (Å²) in [6.07, 6.45) is 1.78. The van der Waals surface area contributed by atoms with E-state index < -0.39 is 23.2 Å². The number of hydrogen-bond donors (Lipinski definition) is 3. The Morgan fingerprint density at radius 1 is 1.47 bits per heavy atom. The van der Waals surface area contributed by atoms with Crippen LogP contribution in [0.25, 0.3) is 0 Å². The second kappa shape index (κ2) is 4.62. The summed E-state index contributed by atoms with van der Waals surface area (Å²) >= 11 is 0. The standard InChI is InChI=1S/C13H15FN2O3/c1-13(15,8-3-4-8)12(19)16-10-5-2-7(11(17)18)6-9(10)14/h2,5-6,8H,3-4,15H2,1H3,(H,16,19)(H,17,18). The van der Waals surface area contributed by atoms with E-state index in [2.05, 4.69) is 5.32 Å². The van der Waals surface area contributed by atoms with Gasteiger partial charge in [-0.05, 0) is 43.9 Å². The summed E-state index contributed by atoms with van der Waals surface area (Å²) in [5, 5.41) is 11.1. The monoisotopic (exact) mass is 266 g/mol. The van der Waals surface area contributed by atoms with Crippen molar-refractivity contribution in [2.24, 2.45) is 11.7 Å². The Hall–Kier alpha value is -1.95. The molecule has 1 amide bonds. The zero-order valence-corrected chi connectivity index (χ0v) is 10.4. The van der Waals surface area contributed by atoms with Gasteiger partial charge in [-0.15, -0.1) is 0 Å². The van der Waals surface area contributed by atoms with Crippen LogP contribution in [0.4, 0.5) is 10.1 Å². The van der Waals surface area contributed by atoms with E-state index >= 15 is 0 Å². The van der Waals surface area contributed by atoms with Crippen LogP contribution in [0, 0.1) is 11.7 Å². The fraction of sp³-hybridized carbons (Fsp3) is 0.385. The van der Waals surface area contributed by atoms with Crippen LogP contribution in [0.5, 0.6) is 0 Å². The zero-order chi connectivity index (χ0) is 14.2. The second-order valence-electron chi connectivity index (χ2n) is 5.01. The van der Waals surface area contributed by atoms with Crippen molar-refractivity contribution in [3.8, 4) is 0 Å². The van der Waals surface area contributed by atoms with Crippen molar-refractivity contribution in [2.75, 3.05) is 5.32 Å². The van der Waals surface area contributed by atoms with Crippen LogP contribution in [0.2, 0.25) is 0 Å². The van der Waals surface area contributed by atoms with E-state index in [1.807, 2.05) is 0 Å². The van der Waals surface area contributed by atoms with E-state index in [1.54, 1.807) is 6.92 Å². The molecule has 1 aliphatic rings. The van der Waals surface area contributed by atoms with Gasteiger partial charge in [-0.3, -0.25) is 4.79 Å². The molecule has 0 spiro atoms. The molecular formula is C13H15FN2O3. The SMILES string of the molecule is CC(N)(C(=O)Nc1ccc(C(=O)O)cc1F)C1CC1. The average molecular weight is 266 g/mol. The van der Waals surface area contributed by atoms with Gasteiger partial charge in [0.15, 0.2) is 0 Å². The number of nitrogens with one attached hydrogen (secondary N) is 1. The summed E-state index contributed by atoms with van der Waals surface area (Å²) in [6, 6.07) is 3.31. The number of nitrogens with two attached hydrogens (primary N) is 1. The minimum atomic E-state index is -1.22. The highest BCUT2D eigenvalue weighted by Crippen LogP contribution is 2.38. The van der Waals surface area contributed by atoms with Gasteiger partial charge in [-0.1, -0.05) is 0 Å². The molecule has 1 unspecified atom stereocenters. The van der Waals surface area contributed by atoms with Crippen molar-refractivity contribution in [1.82, 2.24) is 0 Å². The van der Waals surface area contributed by atoms with Crippen LogP contribution in [0.15, 0.2) is 18.2 Å². The van der Waals surface area contributed by atoms with Gasteiger partial charge in [0.2, 0.25) is 5.91 Å². The van der Waals surface area contributed by atoms with Crippen LogP contribution in [-0.4, -0.2) is 22.5 Å². The number of carbonyl (C=O) groups excluding carboxylic acids is 1. The maximum absolute atomic E-state index is 13.7. The molecule has 5 nitrogen and oxygen atoms in total. The number of rotatable bonds is 4. The van der Waals surface area contributed by atoms with E-state index in [4.69, 9.17) is 10.8 Å². The number of aromatic carboxylic acids is 1. The molecule has 0 radical (unpaired) electrons. The smallest absolute Gasteiger partial charge is 0.335 e. The molecule has 1 saturated carbocycles. The molecule has 0 bridgehead atoms. The average Bonchev–Trinajstić information content (AvgIpc) is 3.15. The molecule has 0 heterocycles. The molecular weight excluding hydrogens is 251 g/mol. The van der Waals surface area contributed by atoms with Crippen molar-refractivity contribution < 1.29 is 19.1 Å². The van der Waals surface area contributed by atoms with Crippen LogP contribution < -0.4 is 11.1 Å². The summed E-state index contributed by atoms with van der Waals surface area (Å²) in [7, 11) is 0. The minimum absolute atomic E-state index is 0.0627. The van der Waals surface area contributed by atoms with Gasteiger partial charge in [-0.25, -0.2) is 9.18 Å². The number of benzene rings is 1. The molecule has 0 aromatic heterocycles. The highest BCUT2D eigenvalue weighted by Gasteiger charge is 2.44. The first kappa shape index (κ1) is 13.5. The van der Waals surface area contributed by atoms with Crippen molar-refractivity contribution in [2.45, 2.75) is 25.3 Å². The van der Waals surface area contributed by atoms with Gasteiger partial charge in [-0.2, -0.15) is 0 Å². The first-order valence-corrected chi connectivity index (χ1v) is 5.95. The van der Waals surface area contributed by atoms with Gasteiger partial charge < -0.3 is 16.2 Å². The summed E-state index contributed by atoms with van der Waals surface area (Å²) < 4.78 is 13.7. The molecule has 1 fully saturated rings. The molecule has 102 valence electrons. The van der Waals surface area contributed by atoms with Gasteiger partial charge in [0, 0.05) is 0 Å². The first-order chi connectivity index (χ1) is 8.82. The van der Waals surface area contributed by atoms with E-state index in [0.29, 0.717) is 0 Å². The highest BCUT2D eigenvalue weighted by molar-refractivity contribution is 5.98. The lowest BCUT2D eigenvalue weighted by Crippen LogP contribution is -2.50. The number of carboxylic acids is 1. The molecule has 6 heteroatoms. The topological polar surface area (TPSA) is 92.4 Å². The lowest BCUT2D eigenvalue weighted by Gasteiger charge is -2.23. The number of amides is 1. The van der Waals surface area contributed by atoms with Crippen molar-refractivity contribution >= 4 is 17.6 Å². The van der Waals surface area contributed by atoms with Gasteiger partial charge in [0.1, 0.15) is 5.82 Å². The summed E-state index contributed by atoms with van der Waals surface area (Å²) in [5.41, 5.74) is 4.65. The Morgan fingerprint density at radius 2 is 2.11 bits per heavy atom.